The predicted octanol–water partition coefficient (Wildman–Crippen LogP) is 5.90. The maximum atomic E-state index is 9.47. The van der Waals surface area contributed by atoms with Crippen molar-refractivity contribution in [1.29, 1.82) is 5.26 Å². The zero-order valence-corrected chi connectivity index (χ0v) is 16.3. The van der Waals surface area contributed by atoms with E-state index in [0.29, 0.717) is 17.5 Å². The van der Waals surface area contributed by atoms with Gasteiger partial charge in [0.05, 0.1) is 4.88 Å². The Bertz CT molecular complexity index is 929. The molecule has 2 aromatic heterocycles. The Kier molecular flexibility index (Phi) is 5.00. The average Bonchev–Trinajstić information content (AvgIpc) is 3.37. The molecular formula is C22H23N3OS. The number of thiophene rings is 1. The van der Waals surface area contributed by atoms with Crippen molar-refractivity contribution < 1.29 is 4.42 Å². The molecule has 4 nitrogen and oxygen atoms in total. The highest BCUT2D eigenvalue weighted by molar-refractivity contribution is 7.13. The molecule has 3 aromatic rings. The van der Waals surface area contributed by atoms with Gasteiger partial charge in [0.1, 0.15) is 6.07 Å². The maximum absolute atomic E-state index is 9.47. The first-order chi connectivity index (χ1) is 13.2. The molecule has 27 heavy (non-hydrogen) atoms. The van der Waals surface area contributed by atoms with Gasteiger partial charge < -0.3 is 9.73 Å². The van der Waals surface area contributed by atoms with Gasteiger partial charge in [-0.2, -0.15) is 10.2 Å². The molecule has 0 spiro atoms. The zero-order chi connectivity index (χ0) is 18.7. The van der Waals surface area contributed by atoms with E-state index in [-0.39, 0.29) is 5.41 Å². The lowest BCUT2D eigenvalue weighted by Crippen LogP contribution is -2.36. The molecule has 1 saturated carbocycles. The van der Waals surface area contributed by atoms with E-state index in [4.69, 9.17) is 4.42 Å². The van der Waals surface area contributed by atoms with E-state index < -0.39 is 0 Å². The average molecular weight is 378 g/mol. The van der Waals surface area contributed by atoms with Gasteiger partial charge >= 0.3 is 0 Å². The van der Waals surface area contributed by atoms with Crippen LogP contribution in [0.4, 0.5) is 5.88 Å². The van der Waals surface area contributed by atoms with Gasteiger partial charge in [-0.25, -0.2) is 0 Å². The molecule has 0 radical (unpaired) electrons. The first kappa shape index (κ1) is 17.8. The highest BCUT2D eigenvalue weighted by Gasteiger charge is 2.34. The fourth-order valence-electron chi connectivity index (χ4n) is 3.97. The van der Waals surface area contributed by atoms with Crippen molar-refractivity contribution in [3.8, 4) is 16.8 Å². The lowest BCUT2D eigenvalue weighted by atomic mass is 9.69. The summed E-state index contributed by atoms with van der Waals surface area (Å²) in [7, 11) is 0. The molecule has 1 fully saturated rings. The molecule has 0 saturated heterocycles. The Morgan fingerprint density at radius 3 is 2.63 bits per heavy atom. The summed E-state index contributed by atoms with van der Waals surface area (Å²) < 4.78 is 5.91. The van der Waals surface area contributed by atoms with E-state index in [2.05, 4.69) is 47.6 Å². The SMILES string of the molecule is Cc1ccc(C2(CNc3oc(-c4cccs4)nc3C#N)CCCCC2)cc1. The quantitative estimate of drug-likeness (QED) is 0.601. The van der Waals surface area contributed by atoms with Gasteiger partial charge in [0.25, 0.3) is 0 Å². The molecule has 0 unspecified atom stereocenters. The predicted molar refractivity (Wildman–Crippen MR) is 109 cm³/mol. The largest absolute Gasteiger partial charge is 0.418 e. The third-order valence-electron chi connectivity index (χ3n) is 5.53. The summed E-state index contributed by atoms with van der Waals surface area (Å²) in [6.45, 7) is 2.87. The van der Waals surface area contributed by atoms with Crippen LogP contribution in [0.15, 0.2) is 46.2 Å². The monoisotopic (exact) mass is 377 g/mol. The summed E-state index contributed by atoms with van der Waals surface area (Å²) in [6.07, 6.45) is 6.06. The van der Waals surface area contributed by atoms with E-state index in [9.17, 15) is 5.26 Å². The number of benzene rings is 1. The van der Waals surface area contributed by atoms with E-state index >= 15 is 0 Å². The second-order valence-corrected chi connectivity index (χ2v) is 8.29. The molecule has 5 heteroatoms. The van der Waals surface area contributed by atoms with Gasteiger partial charge in [0.2, 0.25) is 17.5 Å². The molecule has 1 aromatic carbocycles. The Balaban J connectivity index is 1.60. The van der Waals surface area contributed by atoms with Gasteiger partial charge in [0.15, 0.2) is 0 Å². The minimum Gasteiger partial charge on any atom is -0.418 e. The van der Waals surface area contributed by atoms with Crippen LogP contribution in [0.5, 0.6) is 0 Å². The molecule has 138 valence electrons. The van der Waals surface area contributed by atoms with Crippen LogP contribution in [0.2, 0.25) is 0 Å². The normalized spacial score (nSPS) is 16.0. The summed E-state index contributed by atoms with van der Waals surface area (Å²) in [5.74, 6) is 0.995. The highest BCUT2D eigenvalue weighted by Crippen LogP contribution is 2.40. The number of hydrogen-bond acceptors (Lipinski definition) is 5. The second-order valence-electron chi connectivity index (χ2n) is 7.35. The summed E-state index contributed by atoms with van der Waals surface area (Å²) in [6, 6.07) is 15.0. The molecule has 0 bridgehead atoms. The van der Waals surface area contributed by atoms with Crippen LogP contribution < -0.4 is 5.32 Å². The number of rotatable bonds is 5. The smallest absolute Gasteiger partial charge is 0.240 e. The topological polar surface area (TPSA) is 61.9 Å². The summed E-state index contributed by atoms with van der Waals surface area (Å²) in [5, 5.41) is 14.9. The summed E-state index contributed by atoms with van der Waals surface area (Å²) >= 11 is 1.56. The van der Waals surface area contributed by atoms with Crippen LogP contribution in [0.1, 0.15) is 48.9 Å². The molecule has 4 rings (SSSR count). The van der Waals surface area contributed by atoms with Crippen LogP contribution in [-0.2, 0) is 5.41 Å². The van der Waals surface area contributed by atoms with Crippen LogP contribution in [0.3, 0.4) is 0 Å². The first-order valence-electron chi connectivity index (χ1n) is 9.46. The molecule has 0 aliphatic heterocycles. The highest BCUT2D eigenvalue weighted by atomic mass is 32.1. The number of aryl methyl sites for hydroxylation is 1. The van der Waals surface area contributed by atoms with Crippen LogP contribution in [-0.4, -0.2) is 11.5 Å². The number of aromatic nitrogens is 1. The number of nitrogens with one attached hydrogen (secondary N) is 1. The molecule has 1 N–H and O–H groups in total. The van der Waals surface area contributed by atoms with Gasteiger partial charge in [-0.05, 0) is 36.8 Å². The standard InChI is InChI=1S/C22H23N3OS/c1-16-7-9-17(10-8-16)22(11-3-2-4-12-22)15-24-20-18(14-23)25-21(26-20)19-6-5-13-27-19/h5-10,13,24H,2-4,11-12,15H2,1H3. The molecule has 2 heterocycles. The molecule has 0 atom stereocenters. The van der Waals surface area contributed by atoms with E-state index in [1.165, 1.54) is 30.4 Å². The van der Waals surface area contributed by atoms with Gasteiger partial charge in [-0.1, -0.05) is 55.2 Å². The van der Waals surface area contributed by atoms with Gasteiger partial charge in [-0.3, -0.25) is 0 Å². The number of nitrogens with zero attached hydrogens (tertiary/aromatic N) is 2. The number of anilines is 1. The minimum atomic E-state index is 0.0779. The Morgan fingerprint density at radius 1 is 1.19 bits per heavy atom. The summed E-state index contributed by atoms with van der Waals surface area (Å²) in [4.78, 5) is 5.30. The third kappa shape index (κ3) is 3.63. The lowest BCUT2D eigenvalue weighted by molar-refractivity contribution is 0.306. The maximum Gasteiger partial charge on any atom is 0.240 e. The Morgan fingerprint density at radius 2 is 1.96 bits per heavy atom. The Hall–Kier alpha value is -2.58. The van der Waals surface area contributed by atoms with Crippen LogP contribution in [0.25, 0.3) is 10.8 Å². The number of oxazole rings is 1. The van der Waals surface area contributed by atoms with Crippen molar-refractivity contribution >= 4 is 17.2 Å². The third-order valence-corrected chi connectivity index (χ3v) is 6.38. The molecule has 0 amide bonds. The number of hydrogen-bond donors (Lipinski definition) is 1. The number of nitriles is 1. The molecular weight excluding hydrogens is 354 g/mol. The van der Waals surface area contributed by atoms with Crippen LogP contribution >= 0.6 is 11.3 Å². The van der Waals surface area contributed by atoms with Gasteiger partial charge in [-0.15, -0.1) is 11.3 Å². The fourth-order valence-corrected chi connectivity index (χ4v) is 4.62. The van der Waals surface area contributed by atoms with Crippen molar-refractivity contribution in [3.05, 3.63) is 58.6 Å². The van der Waals surface area contributed by atoms with Crippen molar-refractivity contribution in [2.24, 2.45) is 0 Å². The fraction of sp³-hybridized carbons (Fsp3) is 0.364. The minimum absolute atomic E-state index is 0.0779. The second kappa shape index (κ2) is 7.58. The first-order valence-corrected chi connectivity index (χ1v) is 10.3. The molecule has 1 aliphatic carbocycles. The van der Waals surface area contributed by atoms with Crippen molar-refractivity contribution in [1.82, 2.24) is 4.98 Å². The van der Waals surface area contributed by atoms with Gasteiger partial charge in [0, 0.05) is 12.0 Å². The van der Waals surface area contributed by atoms with E-state index in [1.54, 1.807) is 11.3 Å². The van der Waals surface area contributed by atoms with E-state index in [0.717, 1.165) is 24.3 Å². The van der Waals surface area contributed by atoms with Crippen LogP contribution in [0, 0.1) is 18.3 Å². The Labute approximate surface area is 163 Å². The lowest BCUT2D eigenvalue weighted by Gasteiger charge is -2.38. The van der Waals surface area contributed by atoms with Crippen molar-refractivity contribution in [2.45, 2.75) is 44.4 Å². The van der Waals surface area contributed by atoms with Crippen molar-refractivity contribution in [2.75, 3.05) is 11.9 Å². The van der Waals surface area contributed by atoms with E-state index in [1.807, 2.05) is 17.5 Å². The zero-order valence-electron chi connectivity index (χ0n) is 15.5. The molecule has 1 aliphatic rings. The summed E-state index contributed by atoms with van der Waals surface area (Å²) in [5.41, 5.74) is 3.06. The van der Waals surface area contributed by atoms with Crippen molar-refractivity contribution in [3.63, 3.8) is 0 Å².